The number of nitrogens with one attached hydrogen (secondary N) is 3. The van der Waals surface area contributed by atoms with E-state index in [1.807, 2.05) is 28.8 Å². The Balaban J connectivity index is 1.30. The molecule has 1 saturated heterocycles. The molecule has 0 unspecified atom stereocenters. The van der Waals surface area contributed by atoms with E-state index < -0.39 is 18.2 Å². The van der Waals surface area contributed by atoms with E-state index in [1.54, 1.807) is 24.3 Å². The predicted octanol–water partition coefficient (Wildman–Crippen LogP) is 5.73. The number of hydrogen-bond donors (Lipinski definition) is 5. The number of H-pyrrole nitrogens is 1. The average molecular weight is 600 g/mol. The summed E-state index contributed by atoms with van der Waals surface area (Å²) in [6.45, 7) is 1.20. The van der Waals surface area contributed by atoms with E-state index in [9.17, 15) is 27.9 Å². The molecule has 3 aromatic rings. The smallest absolute Gasteiger partial charge is 0.471 e. The van der Waals surface area contributed by atoms with Crippen molar-refractivity contribution in [2.45, 2.75) is 35.6 Å². The van der Waals surface area contributed by atoms with Gasteiger partial charge in [-0.3, -0.25) is 9.59 Å². The number of aromatic hydroxyl groups is 1. The van der Waals surface area contributed by atoms with Gasteiger partial charge in [-0.1, -0.05) is 18.2 Å². The van der Waals surface area contributed by atoms with Gasteiger partial charge in [-0.25, -0.2) is 0 Å². The Morgan fingerprint density at radius 1 is 1.10 bits per heavy atom. The molecule has 0 aliphatic carbocycles. The number of amides is 1. The van der Waals surface area contributed by atoms with Crippen LogP contribution in [0, 0.1) is 0 Å². The predicted molar refractivity (Wildman–Crippen MR) is 153 cm³/mol. The van der Waals surface area contributed by atoms with Crippen LogP contribution >= 0.6 is 36.4 Å². The number of alkyl halides is 3. The Kier molecular flexibility index (Phi) is 9.81. The van der Waals surface area contributed by atoms with Crippen LogP contribution in [0.25, 0.3) is 10.9 Å². The molecule has 4 N–H and O–H groups in total. The number of thioether (sulfide) groups is 2. The minimum Gasteiger partial charge on any atom is -0.506 e. The number of carbonyl (C=O) groups is 1. The summed E-state index contributed by atoms with van der Waals surface area (Å²) in [5, 5.41) is 16.1. The van der Waals surface area contributed by atoms with Crippen LogP contribution in [0.1, 0.15) is 36.5 Å². The standard InChI is InChI=1S/C26H28F3N3O4S3/c27-26(28,29)24(35)31-17-5-3-16(4-6-17)25(38-13-14-39-25)11-1-2-12-30-15-21(36-37)18-7-9-20(33)23-19(18)8-10-22(34)32-23/h3-10,21,30,33,37H,1-2,11-15H2,(H,31,35)(H,32,34)/t21-/m0/s1. The van der Waals surface area contributed by atoms with Gasteiger partial charge in [-0.05, 0) is 74.1 Å². The zero-order chi connectivity index (χ0) is 28.0. The first-order valence-corrected chi connectivity index (χ1v) is 14.6. The zero-order valence-corrected chi connectivity index (χ0v) is 23.2. The number of pyridine rings is 1. The molecule has 1 aromatic heterocycles. The molecule has 0 radical (unpaired) electrons. The summed E-state index contributed by atoms with van der Waals surface area (Å²) in [6, 6.07) is 12.9. The van der Waals surface area contributed by atoms with E-state index in [0.29, 0.717) is 17.4 Å². The number of unbranched alkanes of at least 4 members (excludes halogenated alkanes) is 1. The Hall–Kier alpha value is -2.32. The van der Waals surface area contributed by atoms with Crippen molar-refractivity contribution in [1.29, 1.82) is 0 Å². The lowest BCUT2D eigenvalue weighted by Gasteiger charge is -2.28. The quantitative estimate of drug-likeness (QED) is 0.109. The Bertz CT molecular complexity index is 1350. The number of hydrogen-bond acceptors (Lipinski definition) is 8. The molecule has 0 saturated carbocycles. The summed E-state index contributed by atoms with van der Waals surface area (Å²) in [6.07, 6.45) is -2.63. The molecule has 4 rings (SSSR count). The maximum Gasteiger partial charge on any atom is 0.471 e. The highest BCUT2D eigenvalue weighted by Gasteiger charge is 2.39. The summed E-state index contributed by atoms with van der Waals surface area (Å²) in [5.74, 6) is -0.0271. The SMILES string of the molecule is O=C(Nc1ccc(C2(CCCCNC[C@H](OS)c3ccc(O)c4[nH]c(=O)ccc34)SCCS2)cc1)C(F)(F)F. The van der Waals surface area contributed by atoms with E-state index in [1.165, 1.54) is 24.3 Å². The monoisotopic (exact) mass is 599 g/mol. The fourth-order valence-electron chi connectivity index (χ4n) is 4.50. The molecule has 1 aliphatic rings. The molecule has 1 aliphatic heterocycles. The summed E-state index contributed by atoms with van der Waals surface area (Å²) in [4.78, 5) is 25.5. The molecule has 7 nitrogen and oxygen atoms in total. The molecule has 210 valence electrons. The van der Waals surface area contributed by atoms with Crippen LogP contribution in [0.3, 0.4) is 0 Å². The van der Waals surface area contributed by atoms with E-state index in [0.717, 1.165) is 48.4 Å². The van der Waals surface area contributed by atoms with Crippen LogP contribution in [0.4, 0.5) is 18.9 Å². The van der Waals surface area contributed by atoms with Gasteiger partial charge in [-0.15, -0.1) is 23.5 Å². The van der Waals surface area contributed by atoms with E-state index in [2.05, 4.69) is 23.2 Å². The zero-order valence-electron chi connectivity index (χ0n) is 20.7. The number of phenols is 1. The minimum atomic E-state index is -4.93. The lowest BCUT2D eigenvalue weighted by Crippen LogP contribution is -2.29. The number of aromatic nitrogens is 1. The summed E-state index contributed by atoms with van der Waals surface area (Å²) >= 11 is 7.71. The van der Waals surface area contributed by atoms with Gasteiger partial charge in [0.2, 0.25) is 5.56 Å². The van der Waals surface area contributed by atoms with Crippen molar-refractivity contribution in [2.75, 3.05) is 29.9 Å². The number of halogens is 3. The van der Waals surface area contributed by atoms with Crippen LogP contribution in [0.5, 0.6) is 5.75 Å². The van der Waals surface area contributed by atoms with E-state index in [-0.39, 0.29) is 21.1 Å². The van der Waals surface area contributed by atoms with Crippen LogP contribution in [0.2, 0.25) is 0 Å². The van der Waals surface area contributed by atoms with Crippen LogP contribution in [-0.2, 0) is 13.1 Å². The van der Waals surface area contributed by atoms with Gasteiger partial charge >= 0.3 is 12.1 Å². The van der Waals surface area contributed by atoms with Gasteiger partial charge in [0.1, 0.15) is 11.9 Å². The minimum absolute atomic E-state index is 0.0189. The molecule has 2 heterocycles. The highest BCUT2D eigenvalue weighted by molar-refractivity contribution is 8.20. The number of benzene rings is 2. The molecule has 2 aromatic carbocycles. The fraction of sp³-hybridized carbons (Fsp3) is 0.385. The van der Waals surface area contributed by atoms with Gasteiger partial charge in [0.15, 0.2) is 0 Å². The number of anilines is 1. The Labute approximate surface area is 237 Å². The molecule has 0 bridgehead atoms. The van der Waals surface area contributed by atoms with Crippen molar-refractivity contribution in [2.24, 2.45) is 0 Å². The first kappa shape index (κ1) is 29.7. The number of aromatic amines is 1. The molecule has 0 spiro atoms. The molecule has 1 fully saturated rings. The van der Waals surface area contributed by atoms with Gasteiger partial charge < -0.3 is 24.9 Å². The number of phenolic OH excluding ortho intramolecular Hbond substituents is 1. The third kappa shape index (κ3) is 7.26. The van der Waals surface area contributed by atoms with Crippen LogP contribution < -0.4 is 16.2 Å². The van der Waals surface area contributed by atoms with Crippen molar-refractivity contribution >= 4 is 58.9 Å². The van der Waals surface area contributed by atoms with Crippen molar-refractivity contribution < 1.29 is 27.3 Å². The summed E-state index contributed by atoms with van der Waals surface area (Å²) in [5.41, 5.74) is 1.96. The number of thiol groups is 1. The highest BCUT2D eigenvalue weighted by atomic mass is 32.2. The molecular weight excluding hydrogens is 571 g/mol. The number of fused-ring (bicyclic) bond motifs is 1. The molecule has 13 heteroatoms. The maximum absolute atomic E-state index is 12.5. The lowest BCUT2D eigenvalue weighted by atomic mass is 10.0. The molecule has 39 heavy (non-hydrogen) atoms. The maximum atomic E-state index is 12.5. The second-order valence-corrected chi connectivity index (χ2v) is 12.3. The molecular formula is C26H28F3N3O4S3. The molecule has 1 atom stereocenters. The Morgan fingerprint density at radius 3 is 2.49 bits per heavy atom. The first-order valence-electron chi connectivity index (χ1n) is 12.3. The van der Waals surface area contributed by atoms with Crippen molar-refractivity contribution in [3.63, 3.8) is 0 Å². The lowest BCUT2D eigenvalue weighted by molar-refractivity contribution is -0.167. The summed E-state index contributed by atoms with van der Waals surface area (Å²) in [7, 11) is 0. The van der Waals surface area contributed by atoms with E-state index in [4.69, 9.17) is 4.18 Å². The largest absolute Gasteiger partial charge is 0.506 e. The first-order chi connectivity index (χ1) is 18.6. The third-order valence-corrected chi connectivity index (χ3v) is 10.3. The van der Waals surface area contributed by atoms with Crippen LogP contribution in [-0.4, -0.2) is 46.8 Å². The third-order valence-electron chi connectivity index (χ3n) is 6.41. The topological polar surface area (TPSA) is 103 Å². The van der Waals surface area contributed by atoms with Gasteiger partial charge in [0.25, 0.3) is 0 Å². The number of carbonyl (C=O) groups excluding carboxylic acids is 1. The van der Waals surface area contributed by atoms with E-state index >= 15 is 0 Å². The van der Waals surface area contributed by atoms with Gasteiger partial charge in [-0.2, -0.15) is 13.2 Å². The van der Waals surface area contributed by atoms with Gasteiger partial charge in [0.05, 0.1) is 9.60 Å². The van der Waals surface area contributed by atoms with Crippen molar-refractivity contribution in [3.05, 3.63) is 70.0 Å². The Morgan fingerprint density at radius 2 is 1.82 bits per heavy atom. The fourth-order valence-corrected chi connectivity index (χ4v) is 8.03. The van der Waals surface area contributed by atoms with Crippen molar-refractivity contribution in [3.8, 4) is 5.75 Å². The van der Waals surface area contributed by atoms with Gasteiger partial charge in [0, 0.05) is 35.2 Å². The summed E-state index contributed by atoms with van der Waals surface area (Å²) < 4.78 is 42.8. The second kappa shape index (κ2) is 12.9. The normalized spacial score (nSPS) is 15.9. The highest BCUT2D eigenvalue weighted by Crippen LogP contribution is 2.55. The van der Waals surface area contributed by atoms with Crippen molar-refractivity contribution in [1.82, 2.24) is 10.3 Å². The second-order valence-electron chi connectivity index (χ2n) is 9.02. The average Bonchev–Trinajstić information content (AvgIpc) is 3.39. The molecule has 1 amide bonds. The van der Waals surface area contributed by atoms with Crippen LogP contribution in [0.15, 0.2) is 53.3 Å². The number of rotatable bonds is 11.